The third-order valence-corrected chi connectivity index (χ3v) is 21.1. The lowest BCUT2D eigenvalue weighted by molar-refractivity contribution is -0.870. The number of hydrogen-bond donors (Lipinski definition) is 1. The van der Waals surface area contributed by atoms with Crippen LogP contribution in [0.3, 0.4) is 0 Å². The van der Waals surface area contributed by atoms with Gasteiger partial charge in [0.1, 0.15) is 19.8 Å². The minimum absolute atomic E-state index is 0.0379. The Labute approximate surface area is 588 Å². The first-order chi connectivity index (χ1) is 46.0. The van der Waals surface area contributed by atoms with Crippen LogP contribution in [-0.2, 0) is 32.7 Å². The van der Waals surface area contributed by atoms with E-state index in [0.717, 1.165) is 38.5 Å². The first-order valence-electron chi connectivity index (χ1n) is 42.8. The second-order valence-corrected chi connectivity index (χ2v) is 32.4. The molecule has 2 unspecified atom stereocenters. The Hall–Kier alpha value is -0.990. The van der Waals surface area contributed by atoms with Crippen LogP contribution in [-0.4, -0.2) is 74.9 Å². The summed E-state index contributed by atoms with van der Waals surface area (Å²) in [4.78, 5) is 36.0. The zero-order valence-electron chi connectivity index (χ0n) is 64.5. The quantitative estimate of drug-likeness (QED) is 0.0278. The molecule has 94 heavy (non-hydrogen) atoms. The van der Waals surface area contributed by atoms with Crippen LogP contribution in [0.4, 0.5) is 0 Å². The van der Waals surface area contributed by atoms with Gasteiger partial charge in [0, 0.05) is 12.8 Å². The molecule has 0 rings (SSSR count). The molecule has 0 saturated heterocycles. The first kappa shape index (κ1) is 93.0. The molecule has 0 bridgehead atoms. The molecule has 0 aromatic rings. The molecule has 9 nitrogen and oxygen atoms in total. The van der Waals surface area contributed by atoms with Crippen molar-refractivity contribution in [2.24, 2.45) is 0 Å². The van der Waals surface area contributed by atoms with Crippen molar-refractivity contribution >= 4 is 19.8 Å². The summed E-state index contributed by atoms with van der Waals surface area (Å²) in [5.74, 6) is -0.763. The van der Waals surface area contributed by atoms with Gasteiger partial charge in [-0.3, -0.25) is 18.6 Å². The van der Waals surface area contributed by atoms with Crippen LogP contribution in [0.2, 0.25) is 0 Å². The Bertz CT molecular complexity index is 1540. The number of carbonyl (C=O) groups is 2. The van der Waals surface area contributed by atoms with Crippen molar-refractivity contribution in [1.29, 1.82) is 0 Å². The highest BCUT2D eigenvalue weighted by atomic mass is 31.2. The van der Waals surface area contributed by atoms with E-state index in [0.29, 0.717) is 17.4 Å². The molecule has 0 saturated carbocycles. The zero-order chi connectivity index (χ0) is 68.3. The van der Waals surface area contributed by atoms with Crippen molar-refractivity contribution in [3.05, 3.63) is 0 Å². The van der Waals surface area contributed by atoms with Gasteiger partial charge in [0.05, 0.1) is 27.7 Å². The average molecular weight is 1350 g/mol. The van der Waals surface area contributed by atoms with E-state index < -0.39 is 26.5 Å². The minimum atomic E-state index is -4.39. The van der Waals surface area contributed by atoms with Crippen LogP contribution in [0.1, 0.15) is 476 Å². The van der Waals surface area contributed by atoms with E-state index in [1.807, 2.05) is 21.1 Å². The number of phosphoric acid groups is 1. The highest BCUT2D eigenvalue weighted by Crippen LogP contribution is 2.43. The highest BCUT2D eigenvalue weighted by Gasteiger charge is 2.27. The van der Waals surface area contributed by atoms with E-state index in [9.17, 15) is 19.0 Å². The maximum absolute atomic E-state index is 12.9. The number of carbonyl (C=O) groups excluding carboxylic acids is 2. The monoisotopic (exact) mass is 1350 g/mol. The minimum Gasteiger partial charge on any atom is -0.462 e. The maximum Gasteiger partial charge on any atom is 0.472 e. The number of nitrogens with zero attached hydrogens (tertiary/aromatic N) is 1. The lowest BCUT2D eigenvalue weighted by atomic mass is 10.0. The topological polar surface area (TPSA) is 108 Å². The third-order valence-electron chi connectivity index (χ3n) is 20.1. The van der Waals surface area contributed by atoms with Crippen LogP contribution in [0.5, 0.6) is 0 Å². The summed E-state index contributed by atoms with van der Waals surface area (Å²) < 4.78 is 34.9. The lowest BCUT2D eigenvalue weighted by Gasteiger charge is -2.24. The number of unbranched alkanes of at least 4 members (excludes halogenated alkanes) is 68. The fraction of sp³-hybridized carbons (Fsp3) is 0.976. The normalized spacial score (nSPS) is 12.9. The molecule has 562 valence electrons. The standard InChI is InChI=1S/C84H168NO8P/c1-6-8-10-12-14-16-18-20-22-24-26-28-30-32-34-36-38-40-42-43-45-47-49-51-53-55-57-59-61-63-65-67-69-71-73-75-77-84(87)93-82(81-92-94(88,89)91-79-78-85(3,4)5)80-90-83(86)76-74-72-70-68-66-64-62-60-58-56-54-52-50-48-46-44-41-39-37-35-33-31-29-27-25-23-21-19-17-15-13-11-9-7-2/h82H,6-81H2,1-5H3/p+1. The number of ether oxygens (including phenoxy) is 2. The molecule has 0 aliphatic carbocycles. The highest BCUT2D eigenvalue weighted by molar-refractivity contribution is 7.47. The van der Waals surface area contributed by atoms with Crippen molar-refractivity contribution in [2.75, 3.05) is 47.5 Å². The second kappa shape index (κ2) is 76.2. The predicted octanol–water partition coefficient (Wildman–Crippen LogP) is 28.4. The summed E-state index contributed by atoms with van der Waals surface area (Å²) in [6.45, 7) is 4.55. The number of esters is 2. The molecular weight excluding hydrogens is 1180 g/mol. The van der Waals surface area contributed by atoms with Gasteiger partial charge in [0.25, 0.3) is 0 Å². The molecule has 2 atom stereocenters. The van der Waals surface area contributed by atoms with Crippen LogP contribution in [0.15, 0.2) is 0 Å². The van der Waals surface area contributed by atoms with Crippen molar-refractivity contribution in [2.45, 2.75) is 482 Å². The molecule has 10 heteroatoms. The van der Waals surface area contributed by atoms with E-state index in [-0.39, 0.29) is 25.6 Å². The van der Waals surface area contributed by atoms with Gasteiger partial charge < -0.3 is 18.9 Å². The van der Waals surface area contributed by atoms with E-state index >= 15 is 0 Å². The van der Waals surface area contributed by atoms with Gasteiger partial charge in [-0.2, -0.15) is 0 Å². The van der Waals surface area contributed by atoms with Crippen LogP contribution >= 0.6 is 7.82 Å². The number of likely N-dealkylation sites (N-methyl/N-ethyl adjacent to an activating group) is 1. The third kappa shape index (κ3) is 80.0. The Balaban J connectivity index is 3.85. The number of rotatable bonds is 82. The van der Waals surface area contributed by atoms with Gasteiger partial charge in [-0.1, -0.05) is 450 Å². The largest absolute Gasteiger partial charge is 0.472 e. The molecule has 0 fully saturated rings. The number of hydrogen-bond acceptors (Lipinski definition) is 7. The van der Waals surface area contributed by atoms with Crippen molar-refractivity contribution in [3.63, 3.8) is 0 Å². The Morgan fingerprint density at radius 3 is 0.681 bits per heavy atom. The Morgan fingerprint density at radius 1 is 0.287 bits per heavy atom. The molecule has 0 spiro atoms. The van der Waals surface area contributed by atoms with Gasteiger partial charge in [0.15, 0.2) is 6.10 Å². The summed E-state index contributed by atoms with van der Waals surface area (Å²) in [6, 6.07) is 0. The smallest absolute Gasteiger partial charge is 0.462 e. The Kier molecular flexibility index (Phi) is 75.4. The van der Waals surface area contributed by atoms with Crippen LogP contribution in [0, 0.1) is 0 Å². The van der Waals surface area contributed by atoms with E-state index in [1.165, 1.54) is 411 Å². The molecule has 0 aromatic carbocycles. The van der Waals surface area contributed by atoms with Crippen molar-refractivity contribution in [1.82, 2.24) is 0 Å². The molecule has 0 aliphatic rings. The van der Waals surface area contributed by atoms with Gasteiger partial charge in [-0.25, -0.2) is 4.57 Å². The number of phosphoric ester groups is 1. The predicted molar refractivity (Wildman–Crippen MR) is 409 cm³/mol. The van der Waals surface area contributed by atoms with Crippen LogP contribution in [0.25, 0.3) is 0 Å². The van der Waals surface area contributed by atoms with Crippen molar-refractivity contribution in [3.8, 4) is 0 Å². The molecule has 0 aliphatic heterocycles. The van der Waals surface area contributed by atoms with Gasteiger partial charge in [0.2, 0.25) is 0 Å². The second-order valence-electron chi connectivity index (χ2n) is 30.9. The average Bonchev–Trinajstić information content (AvgIpc) is 1.56. The summed E-state index contributed by atoms with van der Waals surface area (Å²) in [6.07, 6.45) is 95.8. The molecule has 0 radical (unpaired) electrons. The zero-order valence-corrected chi connectivity index (χ0v) is 65.4. The number of quaternary nitrogens is 1. The van der Waals surface area contributed by atoms with Gasteiger partial charge in [-0.15, -0.1) is 0 Å². The molecule has 0 amide bonds. The molecule has 0 heterocycles. The van der Waals surface area contributed by atoms with Gasteiger partial charge in [-0.05, 0) is 12.8 Å². The fourth-order valence-corrected chi connectivity index (χ4v) is 14.4. The molecule has 0 aromatic heterocycles. The van der Waals surface area contributed by atoms with E-state index in [2.05, 4.69) is 13.8 Å². The summed E-state index contributed by atoms with van der Waals surface area (Å²) >= 11 is 0. The summed E-state index contributed by atoms with van der Waals surface area (Å²) in [5, 5.41) is 0. The van der Waals surface area contributed by atoms with E-state index in [1.54, 1.807) is 0 Å². The summed E-state index contributed by atoms with van der Waals surface area (Å²) in [7, 11) is 1.51. The van der Waals surface area contributed by atoms with Crippen LogP contribution < -0.4 is 0 Å². The molecule has 1 N–H and O–H groups in total. The summed E-state index contributed by atoms with van der Waals surface area (Å²) in [5.41, 5.74) is 0. The molecular formula is C84H169NO8P+. The maximum atomic E-state index is 12.9. The fourth-order valence-electron chi connectivity index (χ4n) is 13.6. The van der Waals surface area contributed by atoms with Crippen molar-refractivity contribution < 1.29 is 42.1 Å². The Morgan fingerprint density at radius 2 is 0.479 bits per heavy atom. The van der Waals surface area contributed by atoms with Gasteiger partial charge >= 0.3 is 19.8 Å². The lowest BCUT2D eigenvalue weighted by Crippen LogP contribution is -2.37. The first-order valence-corrected chi connectivity index (χ1v) is 44.3. The van der Waals surface area contributed by atoms with E-state index in [4.69, 9.17) is 18.5 Å². The SMILES string of the molecule is CCCCCCCCCCCCCCCCCCCCCCCCCCCCCCCCCCCCCCC(=O)OC(COC(=O)CCCCCCCCCCCCCCCCCCCCCCCCCCCCCCCCCCCC)COP(=O)(O)OCC[N+](C)(C)C.